The van der Waals surface area contributed by atoms with Crippen LogP contribution in [0.4, 0.5) is 0 Å². The molecule has 1 aromatic carbocycles. The van der Waals surface area contributed by atoms with Crippen molar-refractivity contribution in [2.75, 3.05) is 13.7 Å². The fourth-order valence-corrected chi connectivity index (χ4v) is 2.13. The van der Waals surface area contributed by atoms with Gasteiger partial charge in [-0.05, 0) is 38.0 Å². The number of benzene rings is 1. The number of rotatable bonds is 5. The van der Waals surface area contributed by atoms with Crippen molar-refractivity contribution in [1.82, 2.24) is 5.32 Å². The van der Waals surface area contributed by atoms with Gasteiger partial charge in [0.2, 0.25) is 0 Å². The predicted octanol–water partition coefficient (Wildman–Crippen LogP) is 2.88. The van der Waals surface area contributed by atoms with E-state index in [2.05, 4.69) is 11.4 Å². The van der Waals surface area contributed by atoms with Crippen molar-refractivity contribution < 1.29 is 13.9 Å². The Morgan fingerprint density at radius 2 is 2.10 bits per heavy atom. The number of nitrogens with one attached hydrogen (secondary N) is 1. The lowest BCUT2D eigenvalue weighted by Gasteiger charge is -2.10. The van der Waals surface area contributed by atoms with E-state index < -0.39 is 0 Å². The van der Waals surface area contributed by atoms with Gasteiger partial charge in [-0.1, -0.05) is 17.7 Å². The molecule has 0 radical (unpaired) electrons. The van der Waals surface area contributed by atoms with Crippen LogP contribution in [-0.2, 0) is 6.42 Å². The van der Waals surface area contributed by atoms with Gasteiger partial charge >= 0.3 is 0 Å². The zero-order valence-electron chi connectivity index (χ0n) is 12.0. The quantitative estimate of drug-likeness (QED) is 0.911. The molecule has 0 saturated heterocycles. The first-order chi connectivity index (χ1) is 9.61. The van der Waals surface area contributed by atoms with Crippen molar-refractivity contribution in [2.45, 2.75) is 20.3 Å². The monoisotopic (exact) mass is 273 g/mol. The highest BCUT2D eigenvalue weighted by atomic mass is 16.5. The topological polar surface area (TPSA) is 51.5 Å². The molecule has 1 aromatic heterocycles. The normalized spacial score (nSPS) is 10.3. The van der Waals surface area contributed by atoms with Crippen molar-refractivity contribution in [2.24, 2.45) is 0 Å². The molecule has 2 rings (SSSR count). The van der Waals surface area contributed by atoms with Crippen LogP contribution >= 0.6 is 0 Å². The third kappa shape index (κ3) is 3.20. The molecule has 20 heavy (non-hydrogen) atoms. The van der Waals surface area contributed by atoms with E-state index in [1.54, 1.807) is 20.1 Å². The second-order valence-corrected chi connectivity index (χ2v) is 4.71. The fraction of sp³-hybridized carbons (Fsp3) is 0.312. The maximum atomic E-state index is 11.9. The minimum Gasteiger partial charge on any atom is -0.496 e. The molecule has 1 heterocycles. The smallest absolute Gasteiger partial charge is 0.254 e. The lowest BCUT2D eigenvalue weighted by Crippen LogP contribution is -2.26. The van der Waals surface area contributed by atoms with Crippen molar-refractivity contribution >= 4 is 5.91 Å². The SMILES string of the molecule is COc1ccc(C)cc1CCNC(=O)c1ccoc1C. The molecule has 0 aliphatic heterocycles. The summed E-state index contributed by atoms with van der Waals surface area (Å²) >= 11 is 0. The highest BCUT2D eigenvalue weighted by molar-refractivity contribution is 5.95. The average Bonchev–Trinajstić information content (AvgIpc) is 2.85. The van der Waals surface area contributed by atoms with E-state index >= 15 is 0 Å². The molecule has 0 saturated carbocycles. The van der Waals surface area contributed by atoms with Crippen LogP contribution in [0.1, 0.15) is 27.2 Å². The number of amides is 1. The number of aryl methyl sites for hydroxylation is 2. The Balaban J connectivity index is 1.95. The van der Waals surface area contributed by atoms with Crippen LogP contribution in [-0.4, -0.2) is 19.6 Å². The Kier molecular flexibility index (Phi) is 4.45. The van der Waals surface area contributed by atoms with Gasteiger partial charge < -0.3 is 14.5 Å². The van der Waals surface area contributed by atoms with Crippen molar-refractivity contribution in [3.8, 4) is 5.75 Å². The molecule has 0 aliphatic rings. The molecule has 0 bridgehead atoms. The van der Waals surface area contributed by atoms with Gasteiger partial charge in [0.25, 0.3) is 5.91 Å². The number of methoxy groups -OCH3 is 1. The minimum atomic E-state index is -0.108. The summed E-state index contributed by atoms with van der Waals surface area (Å²) in [5.41, 5.74) is 2.86. The standard InChI is InChI=1S/C16H19NO3/c1-11-4-5-15(19-3)13(10-11)6-8-17-16(18)14-7-9-20-12(14)2/h4-5,7,9-10H,6,8H2,1-3H3,(H,17,18). The highest BCUT2D eigenvalue weighted by Gasteiger charge is 2.11. The Morgan fingerprint density at radius 1 is 1.30 bits per heavy atom. The average molecular weight is 273 g/mol. The summed E-state index contributed by atoms with van der Waals surface area (Å²) in [6.45, 7) is 4.37. The zero-order chi connectivity index (χ0) is 14.5. The predicted molar refractivity (Wildman–Crippen MR) is 77.2 cm³/mol. The molecular weight excluding hydrogens is 254 g/mol. The van der Waals surface area contributed by atoms with E-state index in [0.717, 1.165) is 17.7 Å². The fourth-order valence-electron chi connectivity index (χ4n) is 2.13. The summed E-state index contributed by atoms with van der Waals surface area (Å²) in [4.78, 5) is 11.9. The molecule has 1 amide bonds. The lowest BCUT2D eigenvalue weighted by molar-refractivity contribution is 0.0952. The summed E-state index contributed by atoms with van der Waals surface area (Å²) in [5, 5.41) is 2.89. The molecular formula is C16H19NO3. The second kappa shape index (κ2) is 6.28. The number of hydrogen-bond donors (Lipinski definition) is 1. The Hall–Kier alpha value is -2.23. The van der Waals surface area contributed by atoms with Gasteiger partial charge in [-0.15, -0.1) is 0 Å². The van der Waals surface area contributed by atoms with Crippen LogP contribution in [0.25, 0.3) is 0 Å². The van der Waals surface area contributed by atoms with Crippen molar-refractivity contribution in [3.63, 3.8) is 0 Å². The maximum absolute atomic E-state index is 11.9. The molecule has 4 nitrogen and oxygen atoms in total. The van der Waals surface area contributed by atoms with Crippen molar-refractivity contribution in [3.05, 3.63) is 53.0 Å². The van der Waals surface area contributed by atoms with E-state index in [-0.39, 0.29) is 5.91 Å². The Bertz CT molecular complexity index is 602. The van der Waals surface area contributed by atoms with Gasteiger partial charge in [-0.25, -0.2) is 0 Å². The zero-order valence-corrected chi connectivity index (χ0v) is 12.0. The molecule has 0 aliphatic carbocycles. The molecule has 1 N–H and O–H groups in total. The molecule has 0 fully saturated rings. The van der Waals surface area contributed by atoms with Gasteiger partial charge in [0.1, 0.15) is 11.5 Å². The van der Waals surface area contributed by atoms with Crippen LogP contribution < -0.4 is 10.1 Å². The van der Waals surface area contributed by atoms with E-state index in [9.17, 15) is 4.79 Å². The first kappa shape index (κ1) is 14.2. The number of carbonyl (C=O) groups is 1. The van der Waals surface area contributed by atoms with Crippen LogP contribution in [0.3, 0.4) is 0 Å². The number of furan rings is 1. The van der Waals surface area contributed by atoms with E-state index in [4.69, 9.17) is 9.15 Å². The Labute approximate surface area is 118 Å². The summed E-state index contributed by atoms with van der Waals surface area (Å²) in [6, 6.07) is 7.72. The summed E-state index contributed by atoms with van der Waals surface area (Å²) < 4.78 is 10.4. The van der Waals surface area contributed by atoms with Crippen LogP contribution in [0.2, 0.25) is 0 Å². The van der Waals surface area contributed by atoms with Crippen LogP contribution in [0, 0.1) is 13.8 Å². The summed E-state index contributed by atoms with van der Waals surface area (Å²) in [6.07, 6.45) is 2.25. The molecule has 4 heteroatoms. The lowest BCUT2D eigenvalue weighted by atomic mass is 10.1. The van der Waals surface area contributed by atoms with Gasteiger partial charge in [0.05, 0.1) is 18.9 Å². The summed E-state index contributed by atoms with van der Waals surface area (Å²) in [7, 11) is 1.65. The summed E-state index contributed by atoms with van der Waals surface area (Å²) in [5.74, 6) is 1.38. The van der Waals surface area contributed by atoms with Gasteiger partial charge in [0, 0.05) is 6.54 Å². The van der Waals surface area contributed by atoms with E-state index in [1.165, 1.54) is 11.8 Å². The number of hydrogen-bond acceptors (Lipinski definition) is 3. The third-order valence-corrected chi connectivity index (χ3v) is 3.22. The molecule has 0 atom stereocenters. The molecule has 0 unspecified atom stereocenters. The third-order valence-electron chi connectivity index (χ3n) is 3.22. The second-order valence-electron chi connectivity index (χ2n) is 4.71. The van der Waals surface area contributed by atoms with Crippen molar-refractivity contribution in [1.29, 1.82) is 0 Å². The largest absolute Gasteiger partial charge is 0.496 e. The van der Waals surface area contributed by atoms with Crippen LogP contribution in [0.5, 0.6) is 5.75 Å². The minimum absolute atomic E-state index is 0.108. The first-order valence-corrected chi connectivity index (χ1v) is 6.57. The molecule has 106 valence electrons. The van der Waals surface area contributed by atoms with Crippen LogP contribution in [0.15, 0.2) is 34.9 Å². The maximum Gasteiger partial charge on any atom is 0.254 e. The van der Waals surface area contributed by atoms with E-state index in [0.29, 0.717) is 17.9 Å². The number of ether oxygens (including phenoxy) is 1. The van der Waals surface area contributed by atoms with E-state index in [1.807, 2.05) is 19.1 Å². The van der Waals surface area contributed by atoms with Gasteiger partial charge in [-0.2, -0.15) is 0 Å². The number of carbonyl (C=O) groups excluding carboxylic acids is 1. The first-order valence-electron chi connectivity index (χ1n) is 6.57. The van der Waals surface area contributed by atoms with Gasteiger partial charge in [-0.3, -0.25) is 4.79 Å². The van der Waals surface area contributed by atoms with Gasteiger partial charge in [0.15, 0.2) is 0 Å². The highest BCUT2D eigenvalue weighted by Crippen LogP contribution is 2.19. The Morgan fingerprint density at radius 3 is 2.75 bits per heavy atom. The molecule has 0 spiro atoms. The molecule has 2 aromatic rings.